The molecule has 4 N–H and O–H groups in total. The van der Waals surface area contributed by atoms with Crippen LogP contribution in [0.15, 0.2) is 24.3 Å². The number of hydrogen-bond donors (Lipinski definition) is 4. The van der Waals surface area contributed by atoms with Crippen LogP contribution in [0.3, 0.4) is 0 Å². The van der Waals surface area contributed by atoms with Gasteiger partial charge < -0.3 is 16.0 Å². The third-order valence-electron chi connectivity index (χ3n) is 3.41. The second-order valence-electron chi connectivity index (χ2n) is 7.36. The molecule has 0 atom stereocenters. The van der Waals surface area contributed by atoms with Crippen LogP contribution < -0.4 is 21.3 Å². The largest absolute Gasteiger partial charge is 0.333 e. The van der Waals surface area contributed by atoms with Gasteiger partial charge in [-0.2, -0.15) is 0 Å². The second kappa shape index (κ2) is 10.4. The summed E-state index contributed by atoms with van der Waals surface area (Å²) in [5, 5.41) is 10.3. The van der Waals surface area contributed by atoms with Crippen molar-refractivity contribution < 1.29 is 19.2 Å². The van der Waals surface area contributed by atoms with Crippen molar-refractivity contribution in [3.05, 3.63) is 24.3 Å². The molecule has 9 nitrogen and oxygen atoms in total. The molecule has 0 fully saturated rings. The van der Waals surface area contributed by atoms with Crippen molar-refractivity contribution in [2.24, 2.45) is 0 Å². The van der Waals surface area contributed by atoms with E-state index in [0.29, 0.717) is 17.9 Å². The summed E-state index contributed by atoms with van der Waals surface area (Å²) in [5.41, 5.74) is 0.750. The highest BCUT2D eigenvalue weighted by Crippen LogP contribution is 2.13. The van der Waals surface area contributed by atoms with Crippen molar-refractivity contribution in [3.63, 3.8) is 0 Å². The molecule has 1 aromatic carbocycles. The molecule has 0 aliphatic heterocycles. The highest BCUT2D eigenvalue weighted by atomic mass is 16.2. The Morgan fingerprint density at radius 1 is 0.893 bits per heavy atom. The van der Waals surface area contributed by atoms with Gasteiger partial charge in [-0.3, -0.25) is 24.6 Å². The van der Waals surface area contributed by atoms with E-state index in [0.717, 1.165) is 0 Å². The Labute approximate surface area is 165 Å². The molecule has 1 aromatic rings. The SMILES string of the molecule is CCN(CC(=O)NC(=O)NC(C)(C)C)CC(=O)Nc1ccc(NC(C)=O)cc1. The van der Waals surface area contributed by atoms with Gasteiger partial charge >= 0.3 is 6.03 Å². The predicted molar refractivity (Wildman–Crippen MR) is 108 cm³/mol. The van der Waals surface area contributed by atoms with Gasteiger partial charge in [0.2, 0.25) is 17.7 Å². The van der Waals surface area contributed by atoms with Crippen LogP contribution in [0, 0.1) is 0 Å². The van der Waals surface area contributed by atoms with Crippen molar-refractivity contribution in [2.75, 3.05) is 30.3 Å². The number of nitrogens with zero attached hydrogens (tertiary/aromatic N) is 1. The smallest absolute Gasteiger partial charge is 0.321 e. The summed E-state index contributed by atoms with van der Waals surface area (Å²) in [5.74, 6) is -0.957. The van der Waals surface area contributed by atoms with E-state index in [1.807, 2.05) is 27.7 Å². The third-order valence-corrected chi connectivity index (χ3v) is 3.41. The first-order chi connectivity index (χ1) is 13.0. The van der Waals surface area contributed by atoms with Crippen LogP contribution >= 0.6 is 0 Å². The van der Waals surface area contributed by atoms with Gasteiger partial charge in [-0.1, -0.05) is 6.92 Å². The molecule has 154 valence electrons. The Hall–Kier alpha value is -2.94. The third kappa shape index (κ3) is 9.67. The maximum absolute atomic E-state index is 12.2. The normalized spacial score (nSPS) is 10.9. The lowest BCUT2D eigenvalue weighted by Crippen LogP contribution is -2.50. The lowest BCUT2D eigenvalue weighted by molar-refractivity contribution is -0.122. The fourth-order valence-corrected chi connectivity index (χ4v) is 2.26. The van der Waals surface area contributed by atoms with Crippen LogP contribution in [0.25, 0.3) is 0 Å². The Kier molecular flexibility index (Phi) is 8.59. The molecule has 0 radical (unpaired) electrons. The van der Waals surface area contributed by atoms with E-state index in [-0.39, 0.29) is 24.9 Å². The Morgan fingerprint density at radius 3 is 1.86 bits per heavy atom. The maximum atomic E-state index is 12.2. The van der Waals surface area contributed by atoms with Gasteiger partial charge in [0.05, 0.1) is 13.1 Å². The predicted octanol–water partition coefficient (Wildman–Crippen LogP) is 1.53. The fourth-order valence-electron chi connectivity index (χ4n) is 2.26. The van der Waals surface area contributed by atoms with Crippen LogP contribution in [-0.4, -0.2) is 53.8 Å². The van der Waals surface area contributed by atoms with Crippen LogP contribution in [-0.2, 0) is 14.4 Å². The van der Waals surface area contributed by atoms with Gasteiger partial charge in [-0.05, 0) is 51.6 Å². The molecule has 0 bridgehead atoms. The van der Waals surface area contributed by atoms with E-state index in [1.54, 1.807) is 29.2 Å². The number of carbonyl (C=O) groups is 4. The fraction of sp³-hybridized carbons (Fsp3) is 0.474. The van der Waals surface area contributed by atoms with Gasteiger partial charge in [-0.15, -0.1) is 0 Å². The topological polar surface area (TPSA) is 120 Å². The number of urea groups is 1. The molecule has 0 spiro atoms. The average Bonchev–Trinajstić information content (AvgIpc) is 2.53. The summed E-state index contributed by atoms with van der Waals surface area (Å²) in [6.07, 6.45) is 0. The van der Waals surface area contributed by atoms with E-state index >= 15 is 0 Å². The lowest BCUT2D eigenvalue weighted by atomic mass is 10.1. The summed E-state index contributed by atoms with van der Waals surface area (Å²) in [6.45, 7) is 9.04. The average molecular weight is 391 g/mol. The molecule has 5 amide bonds. The van der Waals surface area contributed by atoms with Crippen LogP contribution in [0.1, 0.15) is 34.6 Å². The molecule has 0 aliphatic carbocycles. The molecule has 9 heteroatoms. The Balaban J connectivity index is 2.50. The molecule has 0 heterocycles. The minimum absolute atomic E-state index is 0.00173. The van der Waals surface area contributed by atoms with E-state index in [1.165, 1.54) is 6.92 Å². The zero-order chi connectivity index (χ0) is 21.3. The van der Waals surface area contributed by atoms with E-state index in [4.69, 9.17) is 0 Å². The number of anilines is 2. The number of amides is 5. The Morgan fingerprint density at radius 2 is 1.39 bits per heavy atom. The van der Waals surface area contributed by atoms with Crippen molar-refractivity contribution in [2.45, 2.75) is 40.2 Å². The number of rotatable bonds is 7. The minimum Gasteiger partial charge on any atom is -0.333 e. The molecule has 0 saturated carbocycles. The summed E-state index contributed by atoms with van der Waals surface area (Å²) >= 11 is 0. The van der Waals surface area contributed by atoms with Gasteiger partial charge in [0.1, 0.15) is 0 Å². The van der Waals surface area contributed by atoms with Gasteiger partial charge in [0.25, 0.3) is 0 Å². The monoisotopic (exact) mass is 391 g/mol. The molecule has 0 unspecified atom stereocenters. The van der Waals surface area contributed by atoms with Crippen molar-refractivity contribution in [1.29, 1.82) is 0 Å². The summed E-state index contributed by atoms with van der Waals surface area (Å²) in [7, 11) is 0. The van der Waals surface area contributed by atoms with Gasteiger partial charge in [-0.25, -0.2) is 4.79 Å². The molecule has 1 rings (SSSR count). The van der Waals surface area contributed by atoms with Gasteiger partial charge in [0.15, 0.2) is 0 Å². The summed E-state index contributed by atoms with van der Waals surface area (Å²) < 4.78 is 0. The van der Waals surface area contributed by atoms with E-state index < -0.39 is 17.5 Å². The number of imide groups is 1. The number of hydrogen-bond acceptors (Lipinski definition) is 5. The highest BCUT2D eigenvalue weighted by Gasteiger charge is 2.18. The first kappa shape index (κ1) is 23.1. The van der Waals surface area contributed by atoms with Crippen LogP contribution in [0.4, 0.5) is 16.2 Å². The van der Waals surface area contributed by atoms with Crippen molar-refractivity contribution >= 4 is 35.1 Å². The van der Waals surface area contributed by atoms with Gasteiger partial charge in [0, 0.05) is 23.8 Å². The second-order valence-corrected chi connectivity index (χ2v) is 7.36. The zero-order valence-electron chi connectivity index (χ0n) is 17.0. The molecule has 0 aliphatic rings. The zero-order valence-corrected chi connectivity index (χ0v) is 17.0. The van der Waals surface area contributed by atoms with Crippen LogP contribution in [0.2, 0.25) is 0 Å². The maximum Gasteiger partial charge on any atom is 0.321 e. The number of carbonyl (C=O) groups excluding carboxylic acids is 4. The molecule has 0 aromatic heterocycles. The van der Waals surface area contributed by atoms with Crippen molar-refractivity contribution in [3.8, 4) is 0 Å². The highest BCUT2D eigenvalue weighted by molar-refractivity contribution is 5.96. The first-order valence-corrected chi connectivity index (χ1v) is 9.00. The standard InChI is InChI=1S/C19H29N5O4/c1-6-24(12-17(27)22-18(28)23-19(3,4)5)11-16(26)21-15-9-7-14(8-10-15)20-13(2)25/h7-10H,6,11-12H2,1-5H3,(H,20,25)(H,21,26)(H2,22,23,27,28). The number of likely N-dealkylation sites (N-methyl/N-ethyl adjacent to an activating group) is 1. The summed E-state index contributed by atoms with van der Waals surface area (Å²) in [6, 6.07) is 6.12. The van der Waals surface area contributed by atoms with Crippen LogP contribution in [0.5, 0.6) is 0 Å². The number of benzene rings is 1. The lowest BCUT2D eigenvalue weighted by Gasteiger charge is -2.22. The Bertz CT molecular complexity index is 710. The summed E-state index contributed by atoms with van der Waals surface area (Å²) in [4.78, 5) is 48.5. The minimum atomic E-state index is -0.572. The van der Waals surface area contributed by atoms with E-state index in [2.05, 4.69) is 21.3 Å². The molecule has 28 heavy (non-hydrogen) atoms. The molecule has 0 saturated heterocycles. The quantitative estimate of drug-likeness (QED) is 0.562. The number of nitrogens with one attached hydrogen (secondary N) is 4. The van der Waals surface area contributed by atoms with Crippen molar-refractivity contribution in [1.82, 2.24) is 15.5 Å². The molecular formula is C19H29N5O4. The molecular weight excluding hydrogens is 362 g/mol. The first-order valence-electron chi connectivity index (χ1n) is 9.00. The van der Waals surface area contributed by atoms with E-state index in [9.17, 15) is 19.2 Å².